The van der Waals surface area contributed by atoms with Crippen LogP contribution in [-0.2, 0) is 6.18 Å². The van der Waals surface area contributed by atoms with E-state index in [4.69, 9.17) is 11.5 Å². The van der Waals surface area contributed by atoms with Crippen molar-refractivity contribution in [1.29, 1.82) is 0 Å². The molecule has 0 aliphatic carbocycles. The number of nitrogens with zero attached hydrogens (tertiary/aromatic N) is 1. The van der Waals surface area contributed by atoms with E-state index in [1.165, 1.54) is 18.3 Å². The second-order valence-electron chi connectivity index (χ2n) is 3.74. The van der Waals surface area contributed by atoms with Crippen LogP contribution in [0.25, 0.3) is 11.1 Å². The van der Waals surface area contributed by atoms with Crippen molar-refractivity contribution in [3.63, 3.8) is 0 Å². The van der Waals surface area contributed by atoms with Gasteiger partial charge in [-0.15, -0.1) is 0 Å². The first-order valence-corrected chi connectivity index (χ1v) is 5.07. The molecule has 0 aliphatic rings. The van der Waals surface area contributed by atoms with Crippen molar-refractivity contribution < 1.29 is 13.2 Å². The number of hydrogen-bond acceptors (Lipinski definition) is 3. The first kappa shape index (κ1) is 12.2. The van der Waals surface area contributed by atoms with Gasteiger partial charge in [-0.2, -0.15) is 13.2 Å². The number of benzene rings is 1. The van der Waals surface area contributed by atoms with Crippen LogP contribution in [0.5, 0.6) is 0 Å². The van der Waals surface area contributed by atoms with Crippen LogP contribution in [-0.4, -0.2) is 4.98 Å². The zero-order valence-corrected chi connectivity index (χ0v) is 9.20. The average Bonchev–Trinajstić information content (AvgIpc) is 2.32. The number of halogens is 3. The van der Waals surface area contributed by atoms with Crippen molar-refractivity contribution in [1.82, 2.24) is 4.98 Å². The molecule has 4 N–H and O–H groups in total. The van der Waals surface area contributed by atoms with Crippen molar-refractivity contribution in [2.75, 3.05) is 11.5 Å². The van der Waals surface area contributed by atoms with E-state index in [1.54, 1.807) is 6.07 Å². The van der Waals surface area contributed by atoms with Crippen LogP contribution in [0.15, 0.2) is 36.5 Å². The molecule has 0 atom stereocenters. The Morgan fingerprint density at radius 3 is 2.44 bits per heavy atom. The molecule has 94 valence electrons. The maximum Gasteiger partial charge on any atom is 0.416 e. The minimum Gasteiger partial charge on any atom is -0.395 e. The molecule has 6 heteroatoms. The fourth-order valence-corrected chi connectivity index (χ4v) is 1.60. The van der Waals surface area contributed by atoms with Crippen LogP contribution < -0.4 is 11.5 Å². The highest BCUT2D eigenvalue weighted by atomic mass is 19.4. The summed E-state index contributed by atoms with van der Waals surface area (Å²) in [5, 5.41) is 0. The Morgan fingerprint density at radius 2 is 1.78 bits per heavy atom. The highest BCUT2D eigenvalue weighted by molar-refractivity contribution is 5.82. The molecule has 0 unspecified atom stereocenters. The van der Waals surface area contributed by atoms with Gasteiger partial charge in [0, 0.05) is 11.8 Å². The third kappa shape index (κ3) is 2.22. The minimum absolute atomic E-state index is 0.102. The van der Waals surface area contributed by atoms with Crippen molar-refractivity contribution in [2.45, 2.75) is 6.18 Å². The van der Waals surface area contributed by atoms with Crippen LogP contribution in [0.1, 0.15) is 5.56 Å². The summed E-state index contributed by atoms with van der Waals surface area (Å²) in [6.45, 7) is 0. The van der Waals surface area contributed by atoms with Gasteiger partial charge in [0.25, 0.3) is 0 Å². The summed E-state index contributed by atoms with van der Waals surface area (Å²) < 4.78 is 37.8. The fourth-order valence-electron chi connectivity index (χ4n) is 1.60. The molecule has 0 bridgehead atoms. The molecule has 2 rings (SSSR count). The summed E-state index contributed by atoms with van der Waals surface area (Å²) in [6.07, 6.45) is -2.98. The van der Waals surface area contributed by atoms with Crippen LogP contribution >= 0.6 is 0 Å². The molecule has 0 spiro atoms. The molecule has 1 heterocycles. The van der Waals surface area contributed by atoms with E-state index >= 15 is 0 Å². The Morgan fingerprint density at radius 1 is 1.06 bits per heavy atom. The lowest BCUT2D eigenvalue weighted by molar-refractivity contribution is -0.137. The zero-order chi connectivity index (χ0) is 13.3. The molecule has 0 fully saturated rings. The predicted molar refractivity (Wildman–Crippen MR) is 63.5 cm³/mol. The standard InChI is InChI=1S/C12H10F3N3/c13-12(14,15)8-3-1-2-7(6-8)9-4-5-18-11(17)10(9)16/h1-6H,16H2,(H2,17,18). The number of rotatable bonds is 1. The predicted octanol–water partition coefficient (Wildman–Crippen LogP) is 2.93. The van der Waals surface area contributed by atoms with Crippen molar-refractivity contribution in [2.24, 2.45) is 0 Å². The van der Waals surface area contributed by atoms with Crippen molar-refractivity contribution in [3.05, 3.63) is 42.1 Å². The lowest BCUT2D eigenvalue weighted by Crippen LogP contribution is -2.05. The Balaban J connectivity index is 2.55. The molecular formula is C12H10F3N3. The van der Waals surface area contributed by atoms with E-state index < -0.39 is 11.7 Å². The van der Waals surface area contributed by atoms with E-state index in [1.807, 2.05) is 0 Å². The monoisotopic (exact) mass is 253 g/mol. The molecule has 1 aromatic heterocycles. The fraction of sp³-hybridized carbons (Fsp3) is 0.0833. The Kier molecular flexibility index (Phi) is 2.86. The molecule has 1 aromatic carbocycles. The lowest BCUT2D eigenvalue weighted by atomic mass is 10.0. The molecule has 0 radical (unpaired) electrons. The number of nitrogen functional groups attached to an aromatic ring is 2. The van der Waals surface area contributed by atoms with Gasteiger partial charge >= 0.3 is 6.18 Å². The van der Waals surface area contributed by atoms with Gasteiger partial charge in [0.05, 0.1) is 11.3 Å². The molecule has 0 amide bonds. The largest absolute Gasteiger partial charge is 0.416 e. The van der Waals surface area contributed by atoms with E-state index in [-0.39, 0.29) is 11.5 Å². The van der Waals surface area contributed by atoms with Crippen molar-refractivity contribution in [3.8, 4) is 11.1 Å². The Hall–Kier alpha value is -2.24. The Bertz CT molecular complexity index is 579. The molecule has 0 saturated carbocycles. The summed E-state index contributed by atoms with van der Waals surface area (Å²) in [5.74, 6) is 0.102. The maximum absolute atomic E-state index is 12.6. The van der Waals surface area contributed by atoms with Gasteiger partial charge in [-0.3, -0.25) is 0 Å². The van der Waals surface area contributed by atoms with Gasteiger partial charge in [0.1, 0.15) is 5.82 Å². The van der Waals surface area contributed by atoms with Crippen LogP contribution in [0.3, 0.4) is 0 Å². The van der Waals surface area contributed by atoms with E-state index in [9.17, 15) is 13.2 Å². The minimum atomic E-state index is -4.39. The number of aromatic nitrogens is 1. The Labute approximate surface area is 101 Å². The molecule has 18 heavy (non-hydrogen) atoms. The number of pyridine rings is 1. The third-order valence-electron chi connectivity index (χ3n) is 2.52. The quantitative estimate of drug-likeness (QED) is 0.821. The first-order chi connectivity index (χ1) is 8.39. The van der Waals surface area contributed by atoms with E-state index in [0.29, 0.717) is 11.1 Å². The van der Waals surface area contributed by atoms with Crippen LogP contribution in [0.2, 0.25) is 0 Å². The molecule has 0 aliphatic heterocycles. The summed E-state index contributed by atoms with van der Waals surface area (Å²) in [7, 11) is 0. The number of alkyl halides is 3. The van der Waals surface area contributed by atoms with Gasteiger partial charge in [-0.05, 0) is 23.8 Å². The van der Waals surface area contributed by atoms with Gasteiger partial charge in [-0.1, -0.05) is 12.1 Å². The van der Waals surface area contributed by atoms with Crippen LogP contribution in [0, 0.1) is 0 Å². The summed E-state index contributed by atoms with van der Waals surface area (Å²) in [5.41, 5.74) is 11.5. The van der Waals surface area contributed by atoms with Crippen LogP contribution in [0.4, 0.5) is 24.7 Å². The third-order valence-corrected chi connectivity index (χ3v) is 2.52. The second kappa shape index (κ2) is 4.21. The summed E-state index contributed by atoms with van der Waals surface area (Å²) in [4.78, 5) is 3.77. The SMILES string of the molecule is Nc1nccc(-c2cccc(C(F)(F)F)c2)c1N. The van der Waals surface area contributed by atoms with Gasteiger partial charge in [0.15, 0.2) is 0 Å². The number of nitrogens with two attached hydrogens (primary N) is 2. The van der Waals surface area contributed by atoms with E-state index in [2.05, 4.69) is 4.98 Å². The number of hydrogen-bond donors (Lipinski definition) is 2. The van der Waals surface area contributed by atoms with Gasteiger partial charge in [-0.25, -0.2) is 4.98 Å². The maximum atomic E-state index is 12.6. The van der Waals surface area contributed by atoms with Crippen molar-refractivity contribution >= 4 is 11.5 Å². The smallest absolute Gasteiger partial charge is 0.395 e. The molecular weight excluding hydrogens is 243 g/mol. The second-order valence-corrected chi connectivity index (χ2v) is 3.74. The number of anilines is 2. The first-order valence-electron chi connectivity index (χ1n) is 5.07. The summed E-state index contributed by atoms with van der Waals surface area (Å²) >= 11 is 0. The summed E-state index contributed by atoms with van der Waals surface area (Å²) in [6, 6.07) is 6.44. The highest BCUT2D eigenvalue weighted by Crippen LogP contribution is 2.34. The van der Waals surface area contributed by atoms with Gasteiger partial charge < -0.3 is 11.5 Å². The van der Waals surface area contributed by atoms with E-state index in [0.717, 1.165) is 12.1 Å². The topological polar surface area (TPSA) is 64.9 Å². The average molecular weight is 253 g/mol. The molecule has 2 aromatic rings. The lowest BCUT2D eigenvalue weighted by Gasteiger charge is -2.11. The molecule has 3 nitrogen and oxygen atoms in total. The zero-order valence-electron chi connectivity index (χ0n) is 9.20. The van der Waals surface area contributed by atoms with Gasteiger partial charge in [0.2, 0.25) is 0 Å². The normalized spacial score (nSPS) is 11.5. The highest BCUT2D eigenvalue weighted by Gasteiger charge is 2.30. The molecule has 0 saturated heterocycles.